The van der Waals surface area contributed by atoms with Gasteiger partial charge in [-0.15, -0.1) is 0 Å². The van der Waals surface area contributed by atoms with Gasteiger partial charge in [0.1, 0.15) is 11.8 Å². The number of hydrogen-bond donors (Lipinski definition) is 1. The molecule has 1 N–H and O–H groups in total. The van der Waals surface area contributed by atoms with Gasteiger partial charge in [-0.1, -0.05) is 29.8 Å². The molecule has 0 aliphatic rings. The zero-order chi connectivity index (χ0) is 15.2. The number of rotatable bonds is 6. The Kier molecular flexibility index (Phi) is 5.00. The molecule has 0 aliphatic heterocycles. The monoisotopic (exact) mass is 306 g/mol. The molecule has 2 rings (SSSR count). The van der Waals surface area contributed by atoms with Crippen molar-refractivity contribution >= 4 is 17.3 Å². The van der Waals surface area contributed by atoms with Gasteiger partial charge in [-0.2, -0.15) is 0 Å². The van der Waals surface area contributed by atoms with Crippen LogP contribution in [0.15, 0.2) is 48.5 Å². The maximum absolute atomic E-state index is 10.9. The quantitative estimate of drug-likeness (QED) is 0.651. The predicted octanol–water partition coefficient (Wildman–Crippen LogP) is 3.78. The van der Waals surface area contributed by atoms with Crippen molar-refractivity contribution in [2.45, 2.75) is 6.04 Å². The average molecular weight is 307 g/mol. The maximum atomic E-state index is 10.9. The van der Waals surface area contributed by atoms with E-state index in [4.69, 9.17) is 16.3 Å². The molecule has 1 unspecified atom stereocenters. The van der Waals surface area contributed by atoms with Gasteiger partial charge in [0.15, 0.2) is 0 Å². The highest BCUT2D eigenvalue weighted by atomic mass is 35.5. The molecule has 0 saturated heterocycles. The first-order valence-corrected chi connectivity index (χ1v) is 6.75. The lowest BCUT2D eigenvalue weighted by Gasteiger charge is -2.19. The van der Waals surface area contributed by atoms with E-state index in [0.717, 1.165) is 11.3 Å². The summed E-state index contributed by atoms with van der Waals surface area (Å²) in [5.41, 5.74) is 1.50. The lowest BCUT2D eigenvalue weighted by Crippen LogP contribution is -2.21. The van der Waals surface area contributed by atoms with Gasteiger partial charge in [0.05, 0.1) is 7.11 Å². The van der Waals surface area contributed by atoms with Crippen LogP contribution in [-0.2, 0) is 0 Å². The summed E-state index contributed by atoms with van der Waals surface area (Å²) in [5, 5.41) is 14.7. The minimum absolute atomic E-state index is 0.247. The van der Waals surface area contributed by atoms with Crippen LogP contribution in [0.1, 0.15) is 11.6 Å². The average Bonchev–Trinajstić information content (AvgIpc) is 2.48. The van der Waals surface area contributed by atoms with Crippen LogP contribution in [-0.4, -0.2) is 18.6 Å². The summed E-state index contributed by atoms with van der Waals surface area (Å²) in [6, 6.07) is 13.8. The first-order chi connectivity index (χ1) is 10.1. The molecule has 0 bridgehead atoms. The molecule has 0 saturated carbocycles. The highest BCUT2D eigenvalue weighted by Gasteiger charge is 2.21. The fraction of sp³-hybridized carbons (Fsp3) is 0.200. The Labute approximate surface area is 127 Å². The van der Waals surface area contributed by atoms with Gasteiger partial charge in [0, 0.05) is 21.2 Å². The fourth-order valence-corrected chi connectivity index (χ4v) is 2.20. The largest absolute Gasteiger partial charge is 0.496 e. The van der Waals surface area contributed by atoms with Gasteiger partial charge in [0.2, 0.25) is 6.54 Å². The highest BCUT2D eigenvalue weighted by Crippen LogP contribution is 2.28. The molecule has 0 heterocycles. The molecule has 0 aromatic heterocycles. The predicted molar refractivity (Wildman–Crippen MR) is 82.7 cm³/mol. The molecule has 2 aromatic rings. The van der Waals surface area contributed by atoms with Crippen LogP contribution in [0.2, 0.25) is 5.02 Å². The third-order valence-corrected chi connectivity index (χ3v) is 3.28. The van der Waals surface area contributed by atoms with Crippen LogP contribution >= 0.6 is 11.6 Å². The van der Waals surface area contributed by atoms with E-state index < -0.39 is 6.04 Å². The molecule has 0 aliphatic carbocycles. The Hall–Kier alpha value is -2.27. The number of nitro groups is 1. The Bertz CT molecular complexity index is 617. The van der Waals surface area contributed by atoms with Gasteiger partial charge >= 0.3 is 0 Å². The molecule has 1 atom stereocenters. The molecule has 21 heavy (non-hydrogen) atoms. The Morgan fingerprint density at radius 1 is 1.24 bits per heavy atom. The van der Waals surface area contributed by atoms with Gasteiger partial charge < -0.3 is 10.1 Å². The van der Waals surface area contributed by atoms with E-state index in [2.05, 4.69) is 5.32 Å². The number of benzene rings is 2. The topological polar surface area (TPSA) is 64.4 Å². The summed E-state index contributed by atoms with van der Waals surface area (Å²) < 4.78 is 5.28. The van der Waals surface area contributed by atoms with Gasteiger partial charge in [0.25, 0.3) is 0 Å². The molecule has 0 fully saturated rings. The third-order valence-electron chi connectivity index (χ3n) is 3.03. The van der Waals surface area contributed by atoms with E-state index in [1.54, 1.807) is 37.4 Å². The lowest BCUT2D eigenvalue weighted by atomic mass is 10.1. The van der Waals surface area contributed by atoms with E-state index in [-0.39, 0.29) is 11.5 Å². The van der Waals surface area contributed by atoms with Gasteiger partial charge in [-0.3, -0.25) is 10.1 Å². The minimum Gasteiger partial charge on any atom is -0.496 e. The molecular weight excluding hydrogens is 292 g/mol. The molecule has 0 radical (unpaired) electrons. The molecule has 0 spiro atoms. The summed E-state index contributed by atoms with van der Waals surface area (Å²) in [7, 11) is 1.55. The second-order valence-electron chi connectivity index (χ2n) is 4.46. The van der Waals surface area contributed by atoms with Crippen molar-refractivity contribution in [1.82, 2.24) is 0 Å². The number of methoxy groups -OCH3 is 1. The van der Waals surface area contributed by atoms with E-state index in [9.17, 15) is 10.1 Å². The van der Waals surface area contributed by atoms with Crippen LogP contribution in [0.5, 0.6) is 5.75 Å². The van der Waals surface area contributed by atoms with E-state index in [1.807, 2.05) is 18.2 Å². The number of para-hydroxylation sites is 1. The van der Waals surface area contributed by atoms with E-state index >= 15 is 0 Å². The smallest absolute Gasteiger partial charge is 0.228 e. The molecule has 110 valence electrons. The SMILES string of the molecule is COc1ccccc1C(C[N+](=O)[O-])Nc1ccc(Cl)cc1. The van der Waals surface area contributed by atoms with Crippen molar-refractivity contribution in [3.05, 3.63) is 69.2 Å². The fourth-order valence-electron chi connectivity index (χ4n) is 2.07. The number of anilines is 1. The number of nitrogens with one attached hydrogen (secondary N) is 1. The van der Waals surface area contributed by atoms with Crippen LogP contribution in [0, 0.1) is 10.1 Å². The zero-order valence-corrected chi connectivity index (χ0v) is 12.2. The first-order valence-electron chi connectivity index (χ1n) is 6.37. The van der Waals surface area contributed by atoms with Crippen LogP contribution in [0.3, 0.4) is 0 Å². The van der Waals surface area contributed by atoms with Crippen molar-refractivity contribution in [3.63, 3.8) is 0 Å². The van der Waals surface area contributed by atoms with E-state index in [1.165, 1.54) is 0 Å². The van der Waals surface area contributed by atoms with Gasteiger partial charge in [-0.25, -0.2) is 0 Å². The highest BCUT2D eigenvalue weighted by molar-refractivity contribution is 6.30. The molecule has 0 amide bonds. The zero-order valence-electron chi connectivity index (χ0n) is 11.5. The summed E-state index contributed by atoms with van der Waals surface area (Å²) in [5.74, 6) is 0.616. The number of nitrogens with zero attached hydrogens (tertiary/aromatic N) is 1. The molecular formula is C15H15ClN2O3. The summed E-state index contributed by atoms with van der Waals surface area (Å²) in [4.78, 5) is 10.6. The Morgan fingerprint density at radius 3 is 2.52 bits per heavy atom. The van der Waals surface area contributed by atoms with Crippen molar-refractivity contribution in [2.24, 2.45) is 0 Å². The normalized spacial score (nSPS) is 11.7. The summed E-state index contributed by atoms with van der Waals surface area (Å²) >= 11 is 5.84. The van der Waals surface area contributed by atoms with Crippen molar-refractivity contribution < 1.29 is 9.66 Å². The third kappa shape index (κ3) is 4.10. The van der Waals surface area contributed by atoms with Crippen LogP contribution in [0.4, 0.5) is 5.69 Å². The standard InChI is InChI=1S/C15H15ClN2O3/c1-21-15-5-3-2-4-13(15)14(10-18(19)20)17-12-8-6-11(16)7-9-12/h2-9,14,17H,10H2,1H3. The Morgan fingerprint density at radius 2 is 1.90 bits per heavy atom. The van der Waals surface area contributed by atoms with Crippen LogP contribution < -0.4 is 10.1 Å². The number of hydrogen-bond acceptors (Lipinski definition) is 4. The van der Waals surface area contributed by atoms with Crippen molar-refractivity contribution in [2.75, 3.05) is 19.0 Å². The van der Waals surface area contributed by atoms with E-state index in [0.29, 0.717) is 10.8 Å². The maximum Gasteiger partial charge on any atom is 0.228 e. The summed E-state index contributed by atoms with van der Waals surface area (Å²) in [6.07, 6.45) is 0. The minimum atomic E-state index is -0.489. The first kappa shape index (κ1) is 15.1. The molecule has 6 heteroatoms. The summed E-state index contributed by atoms with van der Waals surface area (Å²) in [6.45, 7) is -0.247. The number of ether oxygens (including phenoxy) is 1. The Balaban J connectivity index is 2.29. The van der Waals surface area contributed by atoms with Crippen molar-refractivity contribution in [3.8, 4) is 5.75 Å². The van der Waals surface area contributed by atoms with Crippen molar-refractivity contribution in [1.29, 1.82) is 0 Å². The second-order valence-corrected chi connectivity index (χ2v) is 4.90. The van der Waals surface area contributed by atoms with Gasteiger partial charge in [-0.05, 0) is 30.3 Å². The molecule has 5 nitrogen and oxygen atoms in total. The second kappa shape index (κ2) is 6.95. The van der Waals surface area contributed by atoms with Crippen LogP contribution in [0.25, 0.3) is 0 Å². The molecule has 2 aromatic carbocycles. The number of halogens is 1. The lowest BCUT2D eigenvalue weighted by molar-refractivity contribution is -0.482.